The number of nitrogens with one attached hydrogen (secondary N) is 1. The predicted molar refractivity (Wildman–Crippen MR) is 65.9 cm³/mol. The van der Waals surface area contributed by atoms with Gasteiger partial charge in [-0.25, -0.2) is 0 Å². The first kappa shape index (κ1) is 14.4. The molecule has 0 aliphatic rings. The molecule has 0 spiro atoms. The molecule has 0 heterocycles. The zero-order chi connectivity index (χ0) is 13.5. The van der Waals surface area contributed by atoms with Gasteiger partial charge in [-0.2, -0.15) is 0 Å². The number of rotatable bonds is 6. The SMILES string of the molecule is NC(Cc1ccc(O)cc1)C(=O)NC(CO)CO. The second-order valence-electron chi connectivity index (χ2n) is 4.05. The molecule has 0 fully saturated rings. The van der Waals surface area contributed by atoms with Crippen molar-refractivity contribution in [2.75, 3.05) is 13.2 Å². The van der Waals surface area contributed by atoms with Gasteiger partial charge < -0.3 is 26.4 Å². The Morgan fingerprint density at radius 1 is 1.22 bits per heavy atom. The Kier molecular flexibility index (Phi) is 5.57. The zero-order valence-corrected chi connectivity index (χ0v) is 9.91. The summed E-state index contributed by atoms with van der Waals surface area (Å²) in [6.45, 7) is -0.678. The lowest BCUT2D eigenvalue weighted by atomic mass is 10.1. The molecule has 0 aliphatic heterocycles. The number of hydrogen-bond donors (Lipinski definition) is 5. The van der Waals surface area contributed by atoms with Crippen LogP contribution in [0, 0.1) is 0 Å². The lowest BCUT2D eigenvalue weighted by molar-refractivity contribution is -0.123. The summed E-state index contributed by atoms with van der Waals surface area (Å²) in [4.78, 5) is 11.6. The van der Waals surface area contributed by atoms with Crippen LogP contribution < -0.4 is 11.1 Å². The highest BCUT2D eigenvalue weighted by molar-refractivity contribution is 5.82. The summed E-state index contributed by atoms with van der Waals surface area (Å²) in [5.41, 5.74) is 6.53. The number of carbonyl (C=O) groups is 1. The van der Waals surface area contributed by atoms with E-state index in [2.05, 4.69) is 5.32 Å². The Bertz CT molecular complexity index is 376. The van der Waals surface area contributed by atoms with E-state index in [1.165, 1.54) is 12.1 Å². The molecule has 6 N–H and O–H groups in total. The Labute approximate surface area is 105 Å². The molecule has 1 unspecified atom stereocenters. The van der Waals surface area contributed by atoms with E-state index in [1.807, 2.05) is 0 Å². The van der Waals surface area contributed by atoms with E-state index in [0.717, 1.165) is 5.56 Å². The average molecular weight is 254 g/mol. The van der Waals surface area contributed by atoms with Crippen LogP contribution in [-0.4, -0.2) is 46.5 Å². The number of carbonyl (C=O) groups excluding carboxylic acids is 1. The number of phenolic OH excluding ortho intramolecular Hbond substituents is 1. The van der Waals surface area contributed by atoms with Gasteiger partial charge in [-0.15, -0.1) is 0 Å². The summed E-state index contributed by atoms with van der Waals surface area (Å²) in [7, 11) is 0. The molecule has 0 bridgehead atoms. The first-order chi connectivity index (χ1) is 8.56. The third-order valence-electron chi connectivity index (χ3n) is 2.52. The van der Waals surface area contributed by atoms with Crippen molar-refractivity contribution in [3.8, 4) is 5.75 Å². The molecule has 0 saturated carbocycles. The van der Waals surface area contributed by atoms with Gasteiger partial charge in [-0.3, -0.25) is 4.79 Å². The summed E-state index contributed by atoms with van der Waals surface area (Å²) in [6, 6.07) is 4.93. The van der Waals surface area contributed by atoms with E-state index in [9.17, 15) is 4.79 Å². The van der Waals surface area contributed by atoms with Crippen LogP contribution in [0.5, 0.6) is 5.75 Å². The molecule has 6 heteroatoms. The fraction of sp³-hybridized carbons (Fsp3) is 0.417. The second kappa shape index (κ2) is 6.95. The minimum atomic E-state index is -0.768. The third-order valence-corrected chi connectivity index (χ3v) is 2.52. The average Bonchev–Trinajstić information content (AvgIpc) is 2.38. The smallest absolute Gasteiger partial charge is 0.237 e. The monoisotopic (exact) mass is 254 g/mol. The molecule has 0 aliphatic carbocycles. The van der Waals surface area contributed by atoms with Crippen molar-refractivity contribution in [3.63, 3.8) is 0 Å². The predicted octanol–water partition coefficient (Wildman–Crippen LogP) is -1.27. The van der Waals surface area contributed by atoms with Gasteiger partial charge in [0.2, 0.25) is 5.91 Å². The normalized spacial score (nSPS) is 12.4. The number of benzene rings is 1. The summed E-state index contributed by atoms with van der Waals surface area (Å²) in [5.74, 6) is -0.284. The summed E-state index contributed by atoms with van der Waals surface area (Å²) < 4.78 is 0. The maximum absolute atomic E-state index is 11.6. The highest BCUT2D eigenvalue weighted by Crippen LogP contribution is 2.10. The Morgan fingerprint density at radius 2 is 1.78 bits per heavy atom. The van der Waals surface area contributed by atoms with Gasteiger partial charge in [0, 0.05) is 0 Å². The van der Waals surface area contributed by atoms with Crippen LogP contribution in [0.4, 0.5) is 0 Å². The molecule has 0 aromatic heterocycles. The van der Waals surface area contributed by atoms with E-state index >= 15 is 0 Å². The van der Waals surface area contributed by atoms with Crippen molar-refractivity contribution >= 4 is 5.91 Å². The van der Waals surface area contributed by atoms with Crippen molar-refractivity contribution in [1.29, 1.82) is 0 Å². The van der Waals surface area contributed by atoms with E-state index in [0.29, 0.717) is 6.42 Å². The van der Waals surface area contributed by atoms with Crippen LogP contribution in [0.1, 0.15) is 5.56 Å². The standard InChI is InChI=1S/C12H18N2O4/c13-11(12(18)14-9(6-15)7-16)5-8-1-3-10(17)4-2-8/h1-4,9,11,15-17H,5-7,13H2,(H,14,18). The fourth-order valence-electron chi connectivity index (χ4n) is 1.44. The van der Waals surface area contributed by atoms with Crippen molar-refractivity contribution < 1.29 is 20.1 Å². The molecule has 1 amide bonds. The molecule has 1 rings (SSSR count). The van der Waals surface area contributed by atoms with Crippen molar-refractivity contribution in [1.82, 2.24) is 5.32 Å². The Balaban J connectivity index is 2.51. The third kappa shape index (κ3) is 4.33. The highest BCUT2D eigenvalue weighted by atomic mass is 16.3. The maximum Gasteiger partial charge on any atom is 0.237 e. The molecular formula is C12H18N2O4. The minimum absolute atomic E-state index is 0.150. The zero-order valence-electron chi connectivity index (χ0n) is 9.91. The van der Waals surface area contributed by atoms with E-state index in [1.54, 1.807) is 12.1 Å². The molecule has 0 radical (unpaired) electrons. The number of aliphatic hydroxyl groups is 2. The molecular weight excluding hydrogens is 236 g/mol. The molecule has 0 saturated heterocycles. The Morgan fingerprint density at radius 3 is 2.28 bits per heavy atom. The quantitative estimate of drug-likeness (QED) is 0.434. The van der Waals surface area contributed by atoms with Crippen LogP contribution in [0.15, 0.2) is 24.3 Å². The van der Waals surface area contributed by atoms with E-state index in [4.69, 9.17) is 21.1 Å². The molecule has 6 nitrogen and oxygen atoms in total. The van der Waals surface area contributed by atoms with Crippen LogP contribution in [0.3, 0.4) is 0 Å². The van der Waals surface area contributed by atoms with Crippen molar-refractivity contribution in [2.45, 2.75) is 18.5 Å². The maximum atomic E-state index is 11.6. The summed E-state index contributed by atoms with van der Waals surface area (Å²) in [5, 5.41) is 29.2. The Hall–Kier alpha value is -1.63. The topological polar surface area (TPSA) is 116 Å². The highest BCUT2D eigenvalue weighted by Gasteiger charge is 2.17. The first-order valence-corrected chi connectivity index (χ1v) is 5.62. The van der Waals surface area contributed by atoms with Crippen molar-refractivity contribution in [3.05, 3.63) is 29.8 Å². The second-order valence-corrected chi connectivity index (χ2v) is 4.05. The number of nitrogens with two attached hydrogens (primary N) is 1. The molecule has 18 heavy (non-hydrogen) atoms. The number of aromatic hydroxyl groups is 1. The molecule has 1 aromatic carbocycles. The van der Waals surface area contributed by atoms with Gasteiger partial charge in [-0.05, 0) is 24.1 Å². The number of aliphatic hydroxyl groups excluding tert-OH is 2. The van der Waals surface area contributed by atoms with Gasteiger partial charge in [0.15, 0.2) is 0 Å². The lowest BCUT2D eigenvalue weighted by Crippen LogP contribution is -2.48. The molecule has 1 atom stereocenters. The van der Waals surface area contributed by atoms with Crippen LogP contribution in [0.25, 0.3) is 0 Å². The van der Waals surface area contributed by atoms with Gasteiger partial charge in [0.1, 0.15) is 5.75 Å². The fourth-order valence-corrected chi connectivity index (χ4v) is 1.44. The van der Waals surface area contributed by atoms with E-state index < -0.39 is 18.0 Å². The molecule has 1 aromatic rings. The van der Waals surface area contributed by atoms with Gasteiger partial charge >= 0.3 is 0 Å². The van der Waals surface area contributed by atoms with Gasteiger partial charge in [0.25, 0.3) is 0 Å². The number of hydrogen-bond acceptors (Lipinski definition) is 5. The minimum Gasteiger partial charge on any atom is -0.508 e. The van der Waals surface area contributed by atoms with Crippen LogP contribution in [0.2, 0.25) is 0 Å². The van der Waals surface area contributed by atoms with Gasteiger partial charge in [0.05, 0.1) is 25.3 Å². The summed E-state index contributed by atoms with van der Waals surface area (Å²) in [6.07, 6.45) is 0.315. The lowest BCUT2D eigenvalue weighted by Gasteiger charge is -2.17. The van der Waals surface area contributed by atoms with Crippen molar-refractivity contribution in [2.24, 2.45) is 5.73 Å². The first-order valence-electron chi connectivity index (χ1n) is 5.62. The number of phenols is 1. The largest absolute Gasteiger partial charge is 0.508 e. The van der Waals surface area contributed by atoms with Crippen LogP contribution in [-0.2, 0) is 11.2 Å². The van der Waals surface area contributed by atoms with Gasteiger partial charge in [-0.1, -0.05) is 12.1 Å². The number of amides is 1. The van der Waals surface area contributed by atoms with Crippen LogP contribution >= 0.6 is 0 Å². The summed E-state index contributed by atoms with van der Waals surface area (Å²) >= 11 is 0. The van der Waals surface area contributed by atoms with E-state index in [-0.39, 0.29) is 19.0 Å². The molecule has 100 valence electrons.